The Hall–Kier alpha value is -4.06. The molecule has 2 aromatic carbocycles. The molecule has 0 aromatic heterocycles. The third-order valence-electron chi connectivity index (χ3n) is 5.91. The Labute approximate surface area is 263 Å². The summed E-state index contributed by atoms with van der Waals surface area (Å²) in [5.41, 5.74) is 0.786. The number of ether oxygens (including phenoxy) is 3. The molecule has 0 spiro atoms. The highest BCUT2D eigenvalue weighted by molar-refractivity contribution is 7.98. The quantitative estimate of drug-likeness (QED) is 0.185. The van der Waals surface area contributed by atoms with Crippen LogP contribution in [-0.4, -0.2) is 66.5 Å². The van der Waals surface area contributed by atoms with Gasteiger partial charge in [-0.15, -0.1) is 0 Å². The molecule has 2 rings (SSSR count). The summed E-state index contributed by atoms with van der Waals surface area (Å²) in [6, 6.07) is 15.1. The van der Waals surface area contributed by atoms with E-state index in [0.29, 0.717) is 11.3 Å². The van der Waals surface area contributed by atoms with E-state index >= 15 is 0 Å². The van der Waals surface area contributed by atoms with Gasteiger partial charge in [-0.1, -0.05) is 60.7 Å². The summed E-state index contributed by atoms with van der Waals surface area (Å²) in [6.07, 6.45) is -1.12. The second-order valence-electron chi connectivity index (χ2n) is 10.7. The van der Waals surface area contributed by atoms with Crippen molar-refractivity contribution >= 4 is 41.6 Å². The molecule has 0 unspecified atom stereocenters. The topological polar surface area (TPSA) is 149 Å². The van der Waals surface area contributed by atoms with Crippen molar-refractivity contribution in [3.63, 3.8) is 0 Å². The van der Waals surface area contributed by atoms with E-state index in [-0.39, 0.29) is 31.8 Å². The van der Waals surface area contributed by atoms with Crippen LogP contribution >= 0.6 is 11.8 Å². The third-order valence-corrected chi connectivity index (χ3v) is 7.02. The zero-order chi connectivity index (χ0) is 32.5. The lowest BCUT2D eigenvalue weighted by atomic mass is 10.1. The average Bonchev–Trinajstić information content (AvgIpc) is 2.97. The normalized spacial score (nSPS) is 13.0. The minimum Gasteiger partial charge on any atom is -0.464 e. The van der Waals surface area contributed by atoms with Gasteiger partial charge in [0.15, 0.2) is 6.04 Å². The van der Waals surface area contributed by atoms with Gasteiger partial charge in [0, 0.05) is 17.9 Å². The van der Waals surface area contributed by atoms with Gasteiger partial charge < -0.3 is 30.2 Å². The number of alkyl carbamates (subject to hydrolysis) is 1. The van der Waals surface area contributed by atoms with Gasteiger partial charge in [-0.2, -0.15) is 11.8 Å². The fourth-order valence-corrected chi connectivity index (χ4v) is 4.94. The van der Waals surface area contributed by atoms with Crippen molar-refractivity contribution in [2.24, 2.45) is 0 Å². The average molecular weight is 630 g/mol. The van der Waals surface area contributed by atoms with Gasteiger partial charge in [0.25, 0.3) is 0 Å². The molecule has 0 bridgehead atoms. The minimum atomic E-state index is -1.14. The Morgan fingerprint density at radius 2 is 1.36 bits per heavy atom. The van der Waals surface area contributed by atoms with Crippen LogP contribution < -0.4 is 16.0 Å². The molecule has 0 aliphatic heterocycles. The van der Waals surface area contributed by atoms with E-state index in [2.05, 4.69) is 16.0 Å². The SMILES string of the molecule is CCOC(=O)[C@@H](CCC(=O)N[C@@H](CSCc1ccccc1)C(=O)N[C@@H](C(=O)OCC)c1ccccc1)NC(=O)OC(C)(C)C. The first kappa shape index (κ1) is 36.1. The first-order valence-corrected chi connectivity index (χ1v) is 15.7. The molecule has 0 aliphatic carbocycles. The molecule has 240 valence electrons. The van der Waals surface area contributed by atoms with Gasteiger partial charge >= 0.3 is 18.0 Å². The zero-order valence-corrected chi connectivity index (χ0v) is 26.7. The second kappa shape index (κ2) is 18.6. The summed E-state index contributed by atoms with van der Waals surface area (Å²) in [7, 11) is 0. The summed E-state index contributed by atoms with van der Waals surface area (Å²) >= 11 is 1.44. The molecule has 3 amide bonds. The predicted molar refractivity (Wildman–Crippen MR) is 168 cm³/mol. The lowest BCUT2D eigenvalue weighted by Crippen LogP contribution is -2.51. The van der Waals surface area contributed by atoms with Gasteiger partial charge in [0.05, 0.1) is 13.2 Å². The van der Waals surface area contributed by atoms with Crippen LogP contribution in [0, 0.1) is 0 Å². The number of carbonyl (C=O) groups is 5. The second-order valence-corrected chi connectivity index (χ2v) is 11.7. The summed E-state index contributed by atoms with van der Waals surface area (Å²) in [6.45, 7) is 8.57. The fourth-order valence-electron chi connectivity index (χ4n) is 3.93. The number of benzene rings is 2. The summed E-state index contributed by atoms with van der Waals surface area (Å²) in [5.74, 6) is -1.65. The Morgan fingerprint density at radius 1 is 0.773 bits per heavy atom. The fraction of sp³-hybridized carbons (Fsp3) is 0.469. The molecule has 3 N–H and O–H groups in total. The lowest BCUT2D eigenvalue weighted by Gasteiger charge is -2.24. The van der Waals surface area contributed by atoms with E-state index in [1.54, 1.807) is 65.0 Å². The molecular formula is C32H43N3O8S. The molecule has 3 atom stereocenters. The summed E-state index contributed by atoms with van der Waals surface area (Å²) in [4.78, 5) is 64.2. The Balaban J connectivity index is 2.16. The van der Waals surface area contributed by atoms with Crippen molar-refractivity contribution < 1.29 is 38.2 Å². The monoisotopic (exact) mass is 629 g/mol. The molecule has 12 heteroatoms. The Morgan fingerprint density at radius 3 is 1.95 bits per heavy atom. The molecule has 0 radical (unpaired) electrons. The van der Waals surface area contributed by atoms with Crippen LogP contribution in [-0.2, 0) is 39.1 Å². The predicted octanol–water partition coefficient (Wildman–Crippen LogP) is 4.06. The van der Waals surface area contributed by atoms with Gasteiger partial charge in [-0.25, -0.2) is 14.4 Å². The van der Waals surface area contributed by atoms with Crippen molar-refractivity contribution in [2.75, 3.05) is 19.0 Å². The van der Waals surface area contributed by atoms with Crippen LogP contribution in [0.5, 0.6) is 0 Å². The molecule has 0 fully saturated rings. The van der Waals surface area contributed by atoms with Gasteiger partial charge in [-0.05, 0) is 52.2 Å². The maximum absolute atomic E-state index is 13.5. The number of hydrogen-bond donors (Lipinski definition) is 3. The maximum Gasteiger partial charge on any atom is 0.408 e. The lowest BCUT2D eigenvalue weighted by molar-refractivity contribution is -0.148. The summed E-state index contributed by atoms with van der Waals surface area (Å²) in [5, 5.41) is 7.92. The molecule has 44 heavy (non-hydrogen) atoms. The highest BCUT2D eigenvalue weighted by Gasteiger charge is 2.30. The molecule has 2 aromatic rings. The summed E-state index contributed by atoms with van der Waals surface area (Å²) < 4.78 is 15.5. The van der Waals surface area contributed by atoms with Crippen LogP contribution in [0.25, 0.3) is 0 Å². The highest BCUT2D eigenvalue weighted by Crippen LogP contribution is 2.17. The highest BCUT2D eigenvalue weighted by atomic mass is 32.2. The van der Waals surface area contributed by atoms with Crippen LogP contribution in [0.1, 0.15) is 64.6 Å². The Kier molecular flexibility index (Phi) is 15.2. The van der Waals surface area contributed by atoms with E-state index < -0.39 is 53.6 Å². The first-order chi connectivity index (χ1) is 20.9. The van der Waals surface area contributed by atoms with Crippen molar-refractivity contribution in [1.82, 2.24) is 16.0 Å². The number of rotatable bonds is 16. The van der Waals surface area contributed by atoms with Gasteiger partial charge in [-0.3, -0.25) is 9.59 Å². The molecule has 11 nitrogen and oxygen atoms in total. The maximum atomic E-state index is 13.5. The molecule has 0 saturated carbocycles. The molecular weight excluding hydrogens is 586 g/mol. The Bertz CT molecular complexity index is 1220. The van der Waals surface area contributed by atoms with E-state index in [0.717, 1.165) is 5.56 Å². The van der Waals surface area contributed by atoms with Gasteiger partial charge in [0.2, 0.25) is 11.8 Å². The number of amides is 3. The molecule has 0 heterocycles. The number of carbonyl (C=O) groups excluding carboxylic acids is 5. The largest absolute Gasteiger partial charge is 0.464 e. The van der Waals surface area contributed by atoms with Crippen molar-refractivity contribution in [3.05, 3.63) is 71.8 Å². The number of esters is 2. The van der Waals surface area contributed by atoms with Crippen molar-refractivity contribution in [1.29, 1.82) is 0 Å². The number of thioether (sulfide) groups is 1. The van der Waals surface area contributed by atoms with Crippen LogP contribution in [0.3, 0.4) is 0 Å². The van der Waals surface area contributed by atoms with E-state index in [9.17, 15) is 24.0 Å². The number of nitrogens with one attached hydrogen (secondary N) is 3. The van der Waals surface area contributed by atoms with Crippen molar-refractivity contribution in [2.45, 2.75) is 76.9 Å². The van der Waals surface area contributed by atoms with Crippen LogP contribution in [0.4, 0.5) is 4.79 Å². The molecule has 0 aliphatic rings. The smallest absolute Gasteiger partial charge is 0.408 e. The van der Waals surface area contributed by atoms with E-state index in [1.807, 2.05) is 30.3 Å². The van der Waals surface area contributed by atoms with Crippen molar-refractivity contribution in [3.8, 4) is 0 Å². The third kappa shape index (κ3) is 13.5. The van der Waals surface area contributed by atoms with Crippen LogP contribution in [0.2, 0.25) is 0 Å². The minimum absolute atomic E-state index is 0.0848. The van der Waals surface area contributed by atoms with Crippen LogP contribution in [0.15, 0.2) is 60.7 Å². The van der Waals surface area contributed by atoms with Gasteiger partial charge in [0.1, 0.15) is 17.7 Å². The van der Waals surface area contributed by atoms with E-state index in [4.69, 9.17) is 14.2 Å². The van der Waals surface area contributed by atoms with E-state index in [1.165, 1.54) is 11.8 Å². The first-order valence-electron chi connectivity index (χ1n) is 14.5. The molecule has 0 saturated heterocycles. The zero-order valence-electron chi connectivity index (χ0n) is 25.9. The number of hydrogen-bond acceptors (Lipinski definition) is 9. The standard InChI is InChI=1S/C32H43N3O8S/c1-6-41-29(38)24(34-31(40)43-32(3,4)5)18-19-26(36)33-25(21-44-20-22-14-10-8-11-15-22)28(37)35-27(30(39)42-7-2)23-16-12-9-13-17-23/h8-17,24-25,27H,6-7,18-21H2,1-5H3,(H,33,36)(H,34,40)(H,35,37)/t24-,25+,27-/m1/s1.